The average Bonchev–Trinajstić information content (AvgIpc) is 3.17. The van der Waals surface area contributed by atoms with Crippen LogP contribution in [-0.2, 0) is 11.2 Å². The van der Waals surface area contributed by atoms with Gasteiger partial charge in [0.2, 0.25) is 5.91 Å². The molecule has 3 rings (SSSR count). The molecule has 0 fully saturated rings. The van der Waals surface area contributed by atoms with E-state index in [2.05, 4.69) is 15.7 Å². The van der Waals surface area contributed by atoms with Crippen molar-refractivity contribution in [3.05, 3.63) is 82.9 Å². The Labute approximate surface area is 172 Å². The summed E-state index contributed by atoms with van der Waals surface area (Å²) in [5.41, 5.74) is 2.01. The largest absolute Gasteiger partial charge is 0.356 e. The molecule has 0 saturated heterocycles. The second-order valence-corrected chi connectivity index (χ2v) is 6.72. The number of hydrogen-bond acceptors (Lipinski definition) is 3. The number of benzene rings is 2. The van der Waals surface area contributed by atoms with Crippen molar-refractivity contribution in [1.82, 2.24) is 20.4 Å². The summed E-state index contributed by atoms with van der Waals surface area (Å²) in [7, 11) is 0. The Kier molecular flexibility index (Phi) is 6.97. The van der Waals surface area contributed by atoms with Crippen LogP contribution in [0.25, 0.3) is 5.69 Å². The predicted molar refractivity (Wildman–Crippen MR) is 109 cm³/mol. The Hall–Kier alpha value is -3.19. The van der Waals surface area contributed by atoms with Crippen molar-refractivity contribution in [1.29, 1.82) is 0 Å². The van der Waals surface area contributed by atoms with Crippen molar-refractivity contribution < 1.29 is 14.0 Å². The molecule has 29 heavy (non-hydrogen) atoms. The van der Waals surface area contributed by atoms with Gasteiger partial charge in [-0.15, -0.1) is 0 Å². The van der Waals surface area contributed by atoms with E-state index in [1.54, 1.807) is 4.68 Å². The lowest BCUT2D eigenvalue weighted by atomic mass is 10.2. The summed E-state index contributed by atoms with van der Waals surface area (Å²) >= 11 is 5.85. The maximum atomic E-state index is 13.0. The predicted octanol–water partition coefficient (Wildman–Crippen LogP) is 3.14. The molecule has 3 aromatic rings. The Morgan fingerprint density at radius 3 is 2.59 bits per heavy atom. The van der Waals surface area contributed by atoms with Gasteiger partial charge in [-0.05, 0) is 36.4 Å². The van der Waals surface area contributed by atoms with Gasteiger partial charge in [0.25, 0.3) is 5.91 Å². The van der Waals surface area contributed by atoms with Gasteiger partial charge in [-0.2, -0.15) is 5.10 Å². The van der Waals surface area contributed by atoms with Crippen molar-refractivity contribution >= 4 is 23.4 Å². The maximum Gasteiger partial charge on any atom is 0.252 e. The maximum absolute atomic E-state index is 13.0. The zero-order valence-electron chi connectivity index (χ0n) is 15.6. The SMILES string of the molecule is O=C(CCNC(=O)c1ccc(F)cc1Cl)NCCc1ccn(-c2ccccc2)n1. The van der Waals surface area contributed by atoms with Gasteiger partial charge in [0.15, 0.2) is 0 Å². The summed E-state index contributed by atoms with van der Waals surface area (Å²) in [6.07, 6.45) is 2.61. The second-order valence-electron chi connectivity index (χ2n) is 6.32. The summed E-state index contributed by atoms with van der Waals surface area (Å²) in [5.74, 6) is -1.15. The number of halogens is 2. The zero-order valence-corrected chi connectivity index (χ0v) is 16.3. The molecule has 1 heterocycles. The van der Waals surface area contributed by atoms with Crippen molar-refractivity contribution in [2.75, 3.05) is 13.1 Å². The highest BCUT2D eigenvalue weighted by Gasteiger charge is 2.11. The molecule has 0 atom stereocenters. The number of nitrogens with zero attached hydrogens (tertiary/aromatic N) is 2. The zero-order chi connectivity index (χ0) is 20.6. The standard InChI is InChI=1S/C21H20ClFN4O2/c22-19-14-15(23)6-7-18(19)21(29)25-12-9-20(28)24-11-8-16-10-13-27(26-16)17-4-2-1-3-5-17/h1-7,10,13-14H,8-9,11-12H2,(H,24,28)(H,25,29). The first-order valence-electron chi connectivity index (χ1n) is 9.13. The number of para-hydroxylation sites is 1. The molecule has 0 aliphatic carbocycles. The van der Waals surface area contributed by atoms with Crippen LogP contribution < -0.4 is 10.6 Å². The summed E-state index contributed by atoms with van der Waals surface area (Å²) in [6.45, 7) is 0.601. The van der Waals surface area contributed by atoms with Gasteiger partial charge in [0.05, 0.1) is 22.0 Å². The number of aromatic nitrogens is 2. The van der Waals surface area contributed by atoms with Crippen LogP contribution in [0.4, 0.5) is 4.39 Å². The van der Waals surface area contributed by atoms with E-state index < -0.39 is 11.7 Å². The number of carbonyl (C=O) groups excluding carboxylic acids is 2. The minimum absolute atomic E-state index is 0.0295. The quantitative estimate of drug-likeness (QED) is 0.594. The molecule has 0 saturated carbocycles. The molecule has 2 amide bonds. The van der Waals surface area contributed by atoms with Crippen LogP contribution in [0.15, 0.2) is 60.8 Å². The molecule has 150 valence electrons. The molecular weight excluding hydrogens is 395 g/mol. The Morgan fingerprint density at radius 2 is 1.83 bits per heavy atom. The van der Waals surface area contributed by atoms with Gasteiger partial charge in [-0.1, -0.05) is 29.8 Å². The molecular formula is C21H20ClFN4O2. The highest BCUT2D eigenvalue weighted by atomic mass is 35.5. The van der Waals surface area contributed by atoms with Crippen LogP contribution in [0.5, 0.6) is 0 Å². The molecule has 2 aromatic carbocycles. The first-order chi connectivity index (χ1) is 14.0. The fraction of sp³-hybridized carbons (Fsp3) is 0.190. The topological polar surface area (TPSA) is 76.0 Å². The summed E-state index contributed by atoms with van der Waals surface area (Å²) in [6, 6.07) is 15.2. The highest BCUT2D eigenvalue weighted by molar-refractivity contribution is 6.33. The van der Waals surface area contributed by atoms with Gasteiger partial charge in [-0.25, -0.2) is 9.07 Å². The van der Waals surface area contributed by atoms with Crippen LogP contribution in [-0.4, -0.2) is 34.7 Å². The van der Waals surface area contributed by atoms with Gasteiger partial charge < -0.3 is 10.6 Å². The smallest absolute Gasteiger partial charge is 0.252 e. The molecule has 1 aromatic heterocycles. The van der Waals surface area contributed by atoms with Crippen molar-refractivity contribution in [2.45, 2.75) is 12.8 Å². The minimum atomic E-state index is -0.514. The first-order valence-corrected chi connectivity index (χ1v) is 9.50. The van der Waals surface area contributed by atoms with Crippen molar-refractivity contribution in [3.63, 3.8) is 0 Å². The second kappa shape index (κ2) is 9.84. The number of hydrogen-bond donors (Lipinski definition) is 2. The molecule has 0 aliphatic heterocycles. The van der Waals surface area contributed by atoms with Crippen molar-refractivity contribution in [3.8, 4) is 5.69 Å². The summed E-state index contributed by atoms with van der Waals surface area (Å²) < 4.78 is 14.8. The summed E-state index contributed by atoms with van der Waals surface area (Å²) in [5, 5.41) is 9.90. The average molecular weight is 415 g/mol. The van der Waals surface area contributed by atoms with E-state index in [1.165, 1.54) is 6.07 Å². The first kappa shape index (κ1) is 20.5. The van der Waals surface area contributed by atoms with E-state index in [4.69, 9.17) is 11.6 Å². The third-order valence-corrected chi connectivity index (χ3v) is 4.49. The highest BCUT2D eigenvalue weighted by Crippen LogP contribution is 2.16. The normalized spacial score (nSPS) is 10.6. The molecule has 6 nitrogen and oxygen atoms in total. The van der Waals surface area contributed by atoms with Crippen LogP contribution in [0.3, 0.4) is 0 Å². The number of rotatable bonds is 8. The van der Waals surface area contributed by atoms with E-state index in [-0.39, 0.29) is 29.5 Å². The molecule has 0 radical (unpaired) electrons. The van der Waals surface area contributed by atoms with Gasteiger partial charge in [-0.3, -0.25) is 9.59 Å². The van der Waals surface area contributed by atoms with Gasteiger partial charge in [0, 0.05) is 32.1 Å². The molecule has 0 aliphatic rings. The summed E-state index contributed by atoms with van der Waals surface area (Å²) in [4.78, 5) is 23.9. The van der Waals surface area contributed by atoms with E-state index in [0.717, 1.165) is 23.5 Å². The van der Waals surface area contributed by atoms with Gasteiger partial charge in [0.1, 0.15) is 5.82 Å². The van der Waals surface area contributed by atoms with Crippen LogP contribution in [0.2, 0.25) is 5.02 Å². The Bertz CT molecular complexity index is 991. The number of carbonyl (C=O) groups is 2. The molecule has 0 unspecified atom stereocenters. The van der Waals surface area contributed by atoms with E-state index in [1.807, 2.05) is 42.6 Å². The van der Waals surface area contributed by atoms with Crippen molar-refractivity contribution in [2.24, 2.45) is 0 Å². The minimum Gasteiger partial charge on any atom is -0.356 e. The lowest BCUT2D eigenvalue weighted by molar-refractivity contribution is -0.120. The number of amides is 2. The monoisotopic (exact) mass is 414 g/mol. The van der Waals surface area contributed by atoms with E-state index >= 15 is 0 Å². The van der Waals surface area contributed by atoms with Crippen LogP contribution in [0, 0.1) is 5.82 Å². The fourth-order valence-electron chi connectivity index (χ4n) is 2.70. The third kappa shape index (κ3) is 5.89. The number of nitrogens with one attached hydrogen (secondary N) is 2. The Morgan fingerprint density at radius 1 is 1.03 bits per heavy atom. The molecule has 8 heteroatoms. The Balaban J connectivity index is 1.37. The van der Waals surface area contributed by atoms with E-state index in [0.29, 0.717) is 13.0 Å². The third-order valence-electron chi connectivity index (χ3n) is 4.18. The van der Waals surface area contributed by atoms with E-state index in [9.17, 15) is 14.0 Å². The fourth-order valence-corrected chi connectivity index (χ4v) is 2.95. The lowest BCUT2D eigenvalue weighted by Crippen LogP contribution is -2.31. The van der Waals surface area contributed by atoms with Gasteiger partial charge >= 0.3 is 0 Å². The molecule has 2 N–H and O–H groups in total. The molecule has 0 spiro atoms. The lowest BCUT2D eigenvalue weighted by Gasteiger charge is -2.07. The van der Waals surface area contributed by atoms with Crippen LogP contribution >= 0.6 is 11.6 Å². The van der Waals surface area contributed by atoms with Crippen LogP contribution in [0.1, 0.15) is 22.5 Å². The molecule has 0 bridgehead atoms.